The molecule has 0 saturated carbocycles. The topological polar surface area (TPSA) is 36.9 Å². The molecular formula is C10H20F2O4. The molecule has 0 spiro atoms. The van der Waals surface area contributed by atoms with E-state index in [2.05, 4.69) is 0 Å². The van der Waals surface area contributed by atoms with E-state index in [1.54, 1.807) is 0 Å². The van der Waals surface area contributed by atoms with Gasteiger partial charge in [0.05, 0.1) is 52.9 Å². The maximum atomic E-state index is 11.6. The zero-order valence-corrected chi connectivity index (χ0v) is 9.46. The SMILES string of the molecule is FCCOCCOCCOCCOCCF. The van der Waals surface area contributed by atoms with E-state index >= 15 is 0 Å². The average molecular weight is 242 g/mol. The van der Waals surface area contributed by atoms with Gasteiger partial charge in [-0.3, -0.25) is 0 Å². The fourth-order valence-corrected chi connectivity index (χ4v) is 0.871. The first-order valence-corrected chi connectivity index (χ1v) is 5.34. The van der Waals surface area contributed by atoms with Crippen LogP contribution in [0.5, 0.6) is 0 Å². The zero-order chi connectivity index (χ0) is 11.9. The minimum Gasteiger partial charge on any atom is -0.377 e. The van der Waals surface area contributed by atoms with Gasteiger partial charge in [-0.25, -0.2) is 8.78 Å². The van der Waals surface area contributed by atoms with E-state index in [0.29, 0.717) is 39.6 Å². The van der Waals surface area contributed by atoms with E-state index in [9.17, 15) is 8.78 Å². The Morgan fingerprint density at radius 2 is 0.688 bits per heavy atom. The molecule has 0 heterocycles. The van der Waals surface area contributed by atoms with Crippen LogP contribution in [0, 0.1) is 0 Å². The first-order chi connectivity index (χ1) is 7.91. The Hall–Kier alpha value is -0.300. The Morgan fingerprint density at radius 3 is 0.938 bits per heavy atom. The second-order valence-corrected chi connectivity index (χ2v) is 2.83. The van der Waals surface area contributed by atoms with Crippen LogP contribution in [-0.4, -0.2) is 66.2 Å². The molecule has 0 rings (SSSR count). The summed E-state index contributed by atoms with van der Waals surface area (Å²) >= 11 is 0. The lowest BCUT2D eigenvalue weighted by Gasteiger charge is -2.06. The van der Waals surface area contributed by atoms with Crippen molar-refractivity contribution in [3.8, 4) is 0 Å². The molecule has 0 aromatic rings. The van der Waals surface area contributed by atoms with Crippen LogP contribution >= 0.6 is 0 Å². The number of ether oxygens (including phenoxy) is 4. The van der Waals surface area contributed by atoms with Crippen molar-refractivity contribution < 1.29 is 27.7 Å². The predicted molar refractivity (Wildman–Crippen MR) is 55.2 cm³/mol. The van der Waals surface area contributed by atoms with E-state index < -0.39 is 13.3 Å². The fourth-order valence-electron chi connectivity index (χ4n) is 0.871. The Balaban J connectivity index is 2.83. The molecule has 0 aliphatic heterocycles. The molecule has 0 N–H and O–H groups in total. The quantitative estimate of drug-likeness (QED) is 0.451. The summed E-state index contributed by atoms with van der Waals surface area (Å²) in [7, 11) is 0. The van der Waals surface area contributed by atoms with Crippen LogP contribution in [0.3, 0.4) is 0 Å². The smallest absolute Gasteiger partial charge is 0.113 e. The van der Waals surface area contributed by atoms with Crippen LogP contribution in [0.4, 0.5) is 8.78 Å². The maximum absolute atomic E-state index is 11.6. The summed E-state index contributed by atoms with van der Waals surface area (Å²) in [5.74, 6) is 0. The Bertz CT molecular complexity index is 113. The minimum atomic E-state index is -0.470. The summed E-state index contributed by atoms with van der Waals surface area (Å²) in [6.45, 7) is 1.86. The lowest BCUT2D eigenvalue weighted by atomic mass is 10.7. The van der Waals surface area contributed by atoms with Crippen molar-refractivity contribution in [3.05, 3.63) is 0 Å². The number of rotatable bonds is 13. The molecule has 0 fully saturated rings. The molecule has 0 aliphatic rings. The number of alkyl halides is 2. The lowest BCUT2D eigenvalue weighted by Crippen LogP contribution is -2.12. The Labute approximate surface area is 94.8 Å². The van der Waals surface area contributed by atoms with Crippen molar-refractivity contribution in [2.75, 3.05) is 66.2 Å². The molecule has 0 aromatic carbocycles. The van der Waals surface area contributed by atoms with Crippen molar-refractivity contribution in [2.45, 2.75) is 0 Å². The summed E-state index contributed by atoms with van der Waals surface area (Å²) < 4.78 is 43.1. The molecule has 0 unspecified atom stereocenters. The molecule has 98 valence electrons. The van der Waals surface area contributed by atoms with Gasteiger partial charge in [-0.2, -0.15) is 0 Å². The zero-order valence-electron chi connectivity index (χ0n) is 9.46. The van der Waals surface area contributed by atoms with Crippen LogP contribution in [0.25, 0.3) is 0 Å². The van der Waals surface area contributed by atoms with Gasteiger partial charge < -0.3 is 18.9 Å². The van der Waals surface area contributed by atoms with Crippen molar-refractivity contribution in [3.63, 3.8) is 0 Å². The third-order valence-electron chi connectivity index (χ3n) is 1.56. The second-order valence-electron chi connectivity index (χ2n) is 2.83. The number of hydrogen-bond acceptors (Lipinski definition) is 4. The van der Waals surface area contributed by atoms with E-state index in [4.69, 9.17) is 18.9 Å². The molecule has 4 nitrogen and oxygen atoms in total. The van der Waals surface area contributed by atoms with Gasteiger partial charge in [-0.15, -0.1) is 0 Å². The largest absolute Gasteiger partial charge is 0.377 e. The number of hydrogen-bond donors (Lipinski definition) is 0. The van der Waals surface area contributed by atoms with Gasteiger partial charge in [-0.05, 0) is 0 Å². The number of halogens is 2. The van der Waals surface area contributed by atoms with Crippen molar-refractivity contribution in [1.29, 1.82) is 0 Å². The first-order valence-electron chi connectivity index (χ1n) is 5.34. The van der Waals surface area contributed by atoms with Gasteiger partial charge in [0.2, 0.25) is 0 Å². The Morgan fingerprint density at radius 1 is 0.438 bits per heavy atom. The molecule has 0 aromatic heterocycles. The van der Waals surface area contributed by atoms with Crippen molar-refractivity contribution in [1.82, 2.24) is 0 Å². The third-order valence-corrected chi connectivity index (χ3v) is 1.56. The highest BCUT2D eigenvalue weighted by molar-refractivity contribution is 4.34. The average Bonchev–Trinajstić information content (AvgIpc) is 2.31. The van der Waals surface area contributed by atoms with E-state index in [-0.39, 0.29) is 13.2 Å². The monoisotopic (exact) mass is 242 g/mol. The summed E-state index contributed by atoms with van der Waals surface area (Å²) in [5.41, 5.74) is 0. The van der Waals surface area contributed by atoms with Crippen LogP contribution < -0.4 is 0 Å². The van der Waals surface area contributed by atoms with Crippen LogP contribution in [-0.2, 0) is 18.9 Å². The molecular weight excluding hydrogens is 222 g/mol. The molecule has 16 heavy (non-hydrogen) atoms. The van der Waals surface area contributed by atoms with Gasteiger partial charge in [-0.1, -0.05) is 0 Å². The van der Waals surface area contributed by atoms with Crippen LogP contribution in [0.15, 0.2) is 0 Å². The molecule has 0 bridgehead atoms. The summed E-state index contributed by atoms with van der Waals surface area (Å²) in [6.07, 6.45) is 0. The molecule has 0 saturated heterocycles. The highest BCUT2D eigenvalue weighted by Crippen LogP contribution is 1.83. The van der Waals surface area contributed by atoms with Gasteiger partial charge in [0.1, 0.15) is 13.3 Å². The van der Waals surface area contributed by atoms with E-state index in [1.807, 2.05) is 0 Å². The normalized spacial score (nSPS) is 10.9. The lowest BCUT2D eigenvalue weighted by molar-refractivity contribution is -0.00404. The predicted octanol–water partition coefficient (Wildman–Crippen LogP) is 0.992. The first kappa shape index (κ1) is 15.7. The van der Waals surface area contributed by atoms with Crippen LogP contribution in [0.2, 0.25) is 0 Å². The standard InChI is InChI=1S/C10H20F2O4/c11-1-3-13-5-7-15-9-10-16-8-6-14-4-2-12/h1-10H2. The summed E-state index contributed by atoms with van der Waals surface area (Å²) in [5, 5.41) is 0. The van der Waals surface area contributed by atoms with E-state index in [1.165, 1.54) is 0 Å². The highest BCUT2D eigenvalue weighted by atomic mass is 19.1. The maximum Gasteiger partial charge on any atom is 0.113 e. The molecule has 0 aliphatic carbocycles. The van der Waals surface area contributed by atoms with E-state index in [0.717, 1.165) is 0 Å². The van der Waals surface area contributed by atoms with Gasteiger partial charge >= 0.3 is 0 Å². The highest BCUT2D eigenvalue weighted by Gasteiger charge is 1.92. The summed E-state index contributed by atoms with van der Waals surface area (Å²) in [6, 6.07) is 0. The van der Waals surface area contributed by atoms with Gasteiger partial charge in [0.15, 0.2) is 0 Å². The van der Waals surface area contributed by atoms with Gasteiger partial charge in [0, 0.05) is 0 Å². The van der Waals surface area contributed by atoms with Crippen molar-refractivity contribution >= 4 is 0 Å². The fraction of sp³-hybridized carbons (Fsp3) is 1.00. The second kappa shape index (κ2) is 14.7. The third kappa shape index (κ3) is 13.7. The van der Waals surface area contributed by atoms with Gasteiger partial charge in [0.25, 0.3) is 0 Å². The molecule has 0 atom stereocenters. The van der Waals surface area contributed by atoms with Crippen LogP contribution in [0.1, 0.15) is 0 Å². The van der Waals surface area contributed by atoms with Crippen molar-refractivity contribution in [2.24, 2.45) is 0 Å². The molecule has 0 radical (unpaired) electrons. The summed E-state index contributed by atoms with van der Waals surface area (Å²) in [4.78, 5) is 0. The molecule has 0 amide bonds. The molecule has 6 heteroatoms. The Kier molecular flexibility index (Phi) is 14.4. The minimum absolute atomic E-state index is 0.117.